The summed E-state index contributed by atoms with van der Waals surface area (Å²) in [5.74, 6) is 5.21. The molecule has 0 atom stereocenters. The maximum absolute atomic E-state index is 6.91. The molecule has 0 spiro atoms. The second-order valence-corrected chi connectivity index (χ2v) is 19.5. The SMILES string of the molecule is Cc1nnc(-n2c3cc(Oc4cc(C(C)(C)C)c5c6ccccc6n(-c6ccccn6)c5c4)ccc3c3ccc(Oc4cc(C(C)(C)C)c5c6ccccc6n(-c6ccccn6)c5c4)cc32)nn1. The van der Waals surface area contributed by atoms with Crippen LogP contribution in [0.3, 0.4) is 0 Å². The first-order valence-corrected chi connectivity index (χ1v) is 22.9. The van der Waals surface area contributed by atoms with E-state index in [0.717, 1.165) is 55.5 Å². The number of pyridine rings is 2. The number of rotatable bonds is 7. The first kappa shape index (κ1) is 41.0. The Balaban J connectivity index is 1.01. The average molecular weight is 890 g/mol. The summed E-state index contributed by atoms with van der Waals surface area (Å²) in [6, 6.07) is 49.9. The fourth-order valence-corrected chi connectivity index (χ4v) is 9.86. The van der Waals surface area contributed by atoms with Crippen LogP contribution in [0.15, 0.2) is 158 Å². The standard InChI is InChI=1S/C57H47N9O2/c1-34-60-62-55(63-61-34)66-47-30-35(67-37-28-43(56(2,3)4)53-41-16-8-10-18-45(41)64(49(53)32-37)51-20-12-14-26-58-51)22-24-39(47)40-25-23-36(31-48(40)66)68-38-29-44(57(5,6)7)54-42-17-9-11-19-46(42)65(50(54)33-38)52-21-13-15-27-59-52/h8-33H,1-7H3. The van der Waals surface area contributed by atoms with Gasteiger partial charge in [0, 0.05) is 69.0 Å². The molecule has 6 aromatic carbocycles. The Kier molecular flexibility index (Phi) is 9.24. The summed E-state index contributed by atoms with van der Waals surface area (Å²) in [5.41, 5.74) is 7.82. The van der Waals surface area contributed by atoms with Crippen LogP contribution in [-0.2, 0) is 10.8 Å². The molecule has 12 rings (SSSR count). The smallest absolute Gasteiger partial charge is 0.273 e. The lowest BCUT2D eigenvalue weighted by molar-refractivity contribution is 0.480. The monoisotopic (exact) mass is 889 g/mol. The first-order valence-electron chi connectivity index (χ1n) is 22.9. The number of benzene rings is 6. The fraction of sp³-hybridized carbons (Fsp3) is 0.158. The van der Waals surface area contributed by atoms with E-state index in [-0.39, 0.29) is 10.8 Å². The lowest BCUT2D eigenvalue weighted by Gasteiger charge is -2.22. The first-order chi connectivity index (χ1) is 32.9. The molecule has 0 aliphatic rings. The van der Waals surface area contributed by atoms with Crippen LogP contribution in [0.25, 0.3) is 83.0 Å². The van der Waals surface area contributed by atoms with Crippen LogP contribution in [0.2, 0.25) is 0 Å². The maximum atomic E-state index is 6.91. The second-order valence-electron chi connectivity index (χ2n) is 19.5. The van der Waals surface area contributed by atoms with E-state index in [1.165, 1.54) is 32.7 Å². The van der Waals surface area contributed by atoms with Gasteiger partial charge in [-0.2, -0.15) is 0 Å². The molecule has 6 aromatic heterocycles. The molecule has 0 saturated carbocycles. The Bertz CT molecular complexity index is 3700. The van der Waals surface area contributed by atoms with Crippen molar-refractivity contribution in [2.75, 3.05) is 0 Å². The highest BCUT2D eigenvalue weighted by Gasteiger charge is 2.27. The van der Waals surface area contributed by atoms with Crippen molar-refractivity contribution in [1.29, 1.82) is 0 Å². The highest BCUT2D eigenvalue weighted by molar-refractivity contribution is 6.13. The van der Waals surface area contributed by atoms with Crippen LogP contribution in [-0.4, -0.2) is 44.1 Å². The van der Waals surface area contributed by atoms with Crippen molar-refractivity contribution in [3.8, 4) is 40.6 Å². The van der Waals surface area contributed by atoms with Gasteiger partial charge in [0.25, 0.3) is 5.95 Å². The predicted molar refractivity (Wildman–Crippen MR) is 271 cm³/mol. The number of fused-ring (bicyclic) bond motifs is 9. The number of hydrogen-bond acceptors (Lipinski definition) is 8. The van der Waals surface area contributed by atoms with Crippen LogP contribution in [0.5, 0.6) is 23.0 Å². The minimum absolute atomic E-state index is 0.201. The molecule has 0 saturated heterocycles. The van der Waals surface area contributed by atoms with Gasteiger partial charge in [-0.25, -0.2) is 9.97 Å². The van der Waals surface area contributed by atoms with Crippen molar-refractivity contribution in [2.24, 2.45) is 0 Å². The molecular formula is C57H47N9O2. The van der Waals surface area contributed by atoms with Crippen LogP contribution in [0.1, 0.15) is 58.5 Å². The van der Waals surface area contributed by atoms with E-state index in [4.69, 9.17) is 19.4 Å². The minimum Gasteiger partial charge on any atom is -0.457 e. The van der Waals surface area contributed by atoms with Crippen molar-refractivity contribution >= 4 is 65.4 Å². The third kappa shape index (κ3) is 6.72. The Hall–Kier alpha value is -8.44. The van der Waals surface area contributed by atoms with Crippen LogP contribution >= 0.6 is 0 Å². The Labute approximate surface area is 392 Å². The van der Waals surface area contributed by atoms with Gasteiger partial charge in [0.1, 0.15) is 34.6 Å². The number of ether oxygens (including phenoxy) is 2. The second kappa shape index (κ2) is 15.3. The topological polar surface area (TPSA) is 111 Å². The highest BCUT2D eigenvalue weighted by Crippen LogP contribution is 2.45. The lowest BCUT2D eigenvalue weighted by atomic mass is 9.84. The van der Waals surface area contributed by atoms with Gasteiger partial charge in [0.2, 0.25) is 0 Å². The van der Waals surface area contributed by atoms with E-state index in [1.54, 1.807) is 6.92 Å². The normalized spacial score (nSPS) is 12.3. The molecule has 0 bridgehead atoms. The number of hydrogen-bond donors (Lipinski definition) is 0. The summed E-state index contributed by atoms with van der Waals surface area (Å²) < 4.78 is 20.3. The molecule has 0 aliphatic carbocycles. The van der Waals surface area contributed by atoms with Crippen molar-refractivity contribution < 1.29 is 9.47 Å². The maximum Gasteiger partial charge on any atom is 0.273 e. The quantitative estimate of drug-likeness (QED) is 0.156. The zero-order valence-electron chi connectivity index (χ0n) is 38.9. The van der Waals surface area contributed by atoms with E-state index in [9.17, 15) is 0 Å². The zero-order valence-corrected chi connectivity index (χ0v) is 38.9. The molecule has 68 heavy (non-hydrogen) atoms. The molecule has 12 aromatic rings. The van der Waals surface area contributed by atoms with Crippen molar-refractivity contribution in [1.82, 2.24) is 44.1 Å². The summed E-state index contributed by atoms with van der Waals surface area (Å²) >= 11 is 0. The number of aryl methyl sites for hydroxylation is 1. The number of aromatic nitrogens is 9. The van der Waals surface area contributed by atoms with Crippen LogP contribution in [0.4, 0.5) is 0 Å². The average Bonchev–Trinajstić information content (AvgIpc) is 3.96. The summed E-state index contributed by atoms with van der Waals surface area (Å²) in [4.78, 5) is 9.58. The van der Waals surface area contributed by atoms with Gasteiger partial charge in [-0.05, 0) is 102 Å². The van der Waals surface area contributed by atoms with Gasteiger partial charge in [0.05, 0.1) is 33.1 Å². The number of para-hydroxylation sites is 2. The van der Waals surface area contributed by atoms with Crippen molar-refractivity contribution in [3.63, 3.8) is 0 Å². The third-order valence-electron chi connectivity index (χ3n) is 12.8. The summed E-state index contributed by atoms with van der Waals surface area (Å²) in [6.45, 7) is 15.2. The largest absolute Gasteiger partial charge is 0.457 e. The molecule has 11 heteroatoms. The van der Waals surface area contributed by atoms with E-state index in [2.05, 4.69) is 156 Å². The molecule has 11 nitrogen and oxygen atoms in total. The fourth-order valence-electron chi connectivity index (χ4n) is 9.86. The minimum atomic E-state index is -0.201. The zero-order chi connectivity index (χ0) is 46.5. The van der Waals surface area contributed by atoms with Crippen LogP contribution < -0.4 is 9.47 Å². The van der Waals surface area contributed by atoms with Crippen LogP contribution in [0, 0.1) is 6.92 Å². The Morgan fingerprint density at radius 1 is 0.382 bits per heavy atom. The molecular weight excluding hydrogens is 843 g/mol. The van der Waals surface area contributed by atoms with Gasteiger partial charge in [0.15, 0.2) is 5.82 Å². The van der Waals surface area contributed by atoms with Gasteiger partial charge in [-0.15, -0.1) is 20.4 Å². The van der Waals surface area contributed by atoms with Gasteiger partial charge in [-0.3, -0.25) is 13.7 Å². The molecule has 0 N–H and O–H groups in total. The molecule has 0 aliphatic heterocycles. The van der Waals surface area contributed by atoms with Crippen molar-refractivity contribution in [2.45, 2.75) is 59.3 Å². The molecule has 0 fully saturated rings. The Morgan fingerprint density at radius 2 is 0.809 bits per heavy atom. The summed E-state index contributed by atoms with van der Waals surface area (Å²) in [6.07, 6.45) is 3.67. The van der Waals surface area contributed by atoms with E-state index < -0.39 is 0 Å². The van der Waals surface area contributed by atoms with Gasteiger partial charge in [-0.1, -0.05) is 90.1 Å². The predicted octanol–water partition coefficient (Wildman–Crippen LogP) is 13.8. The highest BCUT2D eigenvalue weighted by atomic mass is 16.5. The summed E-state index contributed by atoms with van der Waals surface area (Å²) in [7, 11) is 0. The van der Waals surface area contributed by atoms with E-state index >= 15 is 0 Å². The number of nitrogens with zero attached hydrogens (tertiary/aromatic N) is 9. The third-order valence-corrected chi connectivity index (χ3v) is 12.8. The lowest BCUT2D eigenvalue weighted by Crippen LogP contribution is -2.12. The van der Waals surface area contributed by atoms with E-state index in [1.807, 2.05) is 77.6 Å². The molecule has 0 radical (unpaired) electrons. The van der Waals surface area contributed by atoms with Gasteiger partial charge >= 0.3 is 0 Å². The van der Waals surface area contributed by atoms with Crippen molar-refractivity contribution in [3.05, 3.63) is 175 Å². The molecule has 6 heterocycles. The molecule has 0 unspecified atom stereocenters. The molecule has 0 amide bonds. The van der Waals surface area contributed by atoms with E-state index in [0.29, 0.717) is 34.8 Å². The molecule has 332 valence electrons. The summed E-state index contributed by atoms with van der Waals surface area (Å²) in [5, 5.41) is 24.4. The Morgan fingerprint density at radius 3 is 1.24 bits per heavy atom. The van der Waals surface area contributed by atoms with Gasteiger partial charge < -0.3 is 9.47 Å².